The van der Waals surface area contributed by atoms with Gasteiger partial charge in [0.2, 0.25) is 0 Å². The molecule has 5 aromatic rings. The number of carbonyl (C=O) groups is 1. The van der Waals surface area contributed by atoms with Crippen LogP contribution in [0.25, 0.3) is 21.7 Å². The van der Waals surface area contributed by atoms with Gasteiger partial charge in [-0.25, -0.2) is 4.79 Å². The number of para-hydroxylation sites is 1. The van der Waals surface area contributed by atoms with Crippen LogP contribution in [0.2, 0.25) is 0 Å². The first-order chi connectivity index (χ1) is 16.5. The van der Waals surface area contributed by atoms with Crippen molar-refractivity contribution in [2.75, 3.05) is 0 Å². The van der Waals surface area contributed by atoms with Gasteiger partial charge in [-0.1, -0.05) is 59.8 Å². The van der Waals surface area contributed by atoms with E-state index in [4.69, 9.17) is 15.7 Å². The van der Waals surface area contributed by atoms with Crippen molar-refractivity contribution in [3.8, 4) is 11.5 Å². The number of rotatable bonds is 6. The molecule has 5 rings (SSSR count). The Morgan fingerprint density at radius 3 is 2.41 bits per heavy atom. The molecule has 7 nitrogen and oxygen atoms in total. The summed E-state index contributed by atoms with van der Waals surface area (Å²) in [6.45, 7) is 0.289. The van der Waals surface area contributed by atoms with Crippen LogP contribution in [0.15, 0.2) is 96.2 Å². The predicted octanol–water partition coefficient (Wildman–Crippen LogP) is 5.43. The Labute approximate surface area is 194 Å². The van der Waals surface area contributed by atoms with Crippen molar-refractivity contribution in [3.05, 3.63) is 108 Å². The third-order valence-corrected chi connectivity index (χ3v) is 5.76. The Balaban J connectivity index is 1.67. The molecule has 0 aliphatic rings. The minimum atomic E-state index is -1.04. The van der Waals surface area contributed by atoms with Gasteiger partial charge in [0.25, 0.3) is 0 Å². The third kappa shape index (κ3) is 3.91. The molecular formula is C27H21N3O4. The van der Waals surface area contributed by atoms with E-state index < -0.39 is 5.97 Å². The summed E-state index contributed by atoms with van der Waals surface area (Å²) in [7, 11) is 0. The highest BCUT2D eigenvalue weighted by atomic mass is 16.5. The molecule has 0 aliphatic heterocycles. The molecular weight excluding hydrogens is 430 g/mol. The molecule has 7 heteroatoms. The molecule has 4 N–H and O–H groups in total. The molecule has 0 saturated heterocycles. The molecule has 168 valence electrons. The fourth-order valence-corrected chi connectivity index (χ4v) is 4.16. The number of aromatic nitrogens is 1. The van der Waals surface area contributed by atoms with Crippen molar-refractivity contribution >= 4 is 33.5 Å². The van der Waals surface area contributed by atoms with Crippen LogP contribution in [-0.2, 0) is 6.54 Å². The van der Waals surface area contributed by atoms with Crippen molar-refractivity contribution in [2.24, 2.45) is 10.9 Å². The lowest BCUT2D eigenvalue weighted by Gasteiger charge is -2.14. The number of hydrogen-bond acceptors (Lipinski definition) is 4. The molecule has 1 heterocycles. The number of aromatic carboxylic acids is 1. The number of hydrogen-bond donors (Lipinski definition) is 3. The number of carboxylic acids is 1. The van der Waals surface area contributed by atoms with Gasteiger partial charge in [0.05, 0.1) is 0 Å². The van der Waals surface area contributed by atoms with Crippen LogP contribution in [0.4, 0.5) is 0 Å². The summed E-state index contributed by atoms with van der Waals surface area (Å²) in [5.41, 5.74) is 7.99. The van der Waals surface area contributed by atoms with E-state index in [0.29, 0.717) is 22.6 Å². The molecule has 0 radical (unpaired) electrons. The quantitative estimate of drug-likeness (QED) is 0.138. The molecule has 0 amide bonds. The average Bonchev–Trinajstić information content (AvgIpc) is 3.22. The molecule has 0 saturated carbocycles. The monoisotopic (exact) mass is 451 g/mol. The Hall–Kier alpha value is -4.78. The maximum absolute atomic E-state index is 12.1. The fourth-order valence-electron chi connectivity index (χ4n) is 4.16. The first kappa shape index (κ1) is 21.1. The summed E-state index contributed by atoms with van der Waals surface area (Å²) >= 11 is 0. The number of amidine groups is 1. The smallest absolute Gasteiger partial charge is 0.352 e. The van der Waals surface area contributed by atoms with Crippen molar-refractivity contribution in [3.63, 3.8) is 0 Å². The van der Waals surface area contributed by atoms with Crippen LogP contribution in [-0.4, -0.2) is 26.7 Å². The number of nitrogens with zero attached hydrogens (tertiary/aromatic N) is 2. The molecule has 0 fully saturated rings. The lowest BCUT2D eigenvalue weighted by Crippen LogP contribution is -2.13. The zero-order valence-corrected chi connectivity index (χ0v) is 18.1. The van der Waals surface area contributed by atoms with Crippen LogP contribution in [0.5, 0.6) is 11.5 Å². The Morgan fingerprint density at radius 1 is 0.882 bits per heavy atom. The van der Waals surface area contributed by atoms with Crippen LogP contribution in [0, 0.1) is 0 Å². The zero-order chi connectivity index (χ0) is 23.7. The SMILES string of the molecule is N/C(=N\O)c1ccc2cc(C(=O)O)n(Cc3cc(Oc4ccccc4)cc4ccccc34)c2c1. The lowest BCUT2D eigenvalue weighted by molar-refractivity contribution is 0.0686. The number of ether oxygens (including phenoxy) is 1. The fraction of sp³-hybridized carbons (Fsp3) is 0.0370. The molecule has 1 aromatic heterocycles. The Bertz CT molecular complexity index is 1560. The molecule has 0 unspecified atom stereocenters. The summed E-state index contributed by atoms with van der Waals surface area (Å²) in [6, 6.07) is 28.1. The third-order valence-electron chi connectivity index (χ3n) is 5.76. The Morgan fingerprint density at radius 2 is 1.65 bits per heavy atom. The molecule has 0 bridgehead atoms. The minimum absolute atomic E-state index is 0.0461. The standard InChI is InChI=1S/C27H21N3O4/c28-26(29-33)19-11-10-18-14-25(27(31)32)30(24(18)15-19)16-20-13-22(34-21-7-2-1-3-8-21)12-17-6-4-5-9-23(17)20/h1-15,33H,16H2,(H2,28,29)(H,31,32). The number of benzene rings is 4. The summed E-state index contributed by atoms with van der Waals surface area (Å²) in [6.07, 6.45) is 0. The van der Waals surface area contributed by atoms with E-state index in [1.54, 1.807) is 28.8 Å². The normalized spacial score (nSPS) is 11.7. The summed E-state index contributed by atoms with van der Waals surface area (Å²) in [4.78, 5) is 12.1. The van der Waals surface area contributed by atoms with Gasteiger partial charge in [0, 0.05) is 23.0 Å². The van der Waals surface area contributed by atoms with Crippen LogP contribution < -0.4 is 10.5 Å². The van der Waals surface area contributed by atoms with Gasteiger partial charge in [0.15, 0.2) is 5.84 Å². The van der Waals surface area contributed by atoms with Crippen molar-refractivity contribution in [1.82, 2.24) is 4.57 Å². The minimum Gasteiger partial charge on any atom is -0.477 e. The first-order valence-electron chi connectivity index (χ1n) is 10.6. The van der Waals surface area contributed by atoms with E-state index in [9.17, 15) is 9.90 Å². The van der Waals surface area contributed by atoms with Gasteiger partial charge in [-0.15, -0.1) is 0 Å². The van der Waals surface area contributed by atoms with Gasteiger partial charge in [-0.05, 0) is 52.7 Å². The van der Waals surface area contributed by atoms with Crippen LogP contribution >= 0.6 is 0 Å². The molecule has 0 aliphatic carbocycles. The second-order valence-corrected chi connectivity index (χ2v) is 7.90. The topological polar surface area (TPSA) is 110 Å². The molecule has 34 heavy (non-hydrogen) atoms. The highest BCUT2D eigenvalue weighted by molar-refractivity contribution is 6.02. The Kier molecular flexibility index (Phi) is 5.35. The van der Waals surface area contributed by atoms with E-state index in [0.717, 1.165) is 21.7 Å². The number of nitrogens with two attached hydrogens (primary N) is 1. The average molecular weight is 451 g/mol. The second kappa shape index (κ2) is 8.63. The van der Waals surface area contributed by atoms with Gasteiger partial charge < -0.3 is 25.4 Å². The van der Waals surface area contributed by atoms with Gasteiger partial charge >= 0.3 is 5.97 Å². The highest BCUT2D eigenvalue weighted by Crippen LogP contribution is 2.31. The van der Waals surface area contributed by atoms with E-state index in [2.05, 4.69) is 5.16 Å². The second-order valence-electron chi connectivity index (χ2n) is 7.90. The lowest BCUT2D eigenvalue weighted by atomic mass is 10.0. The van der Waals surface area contributed by atoms with Crippen LogP contribution in [0.1, 0.15) is 21.6 Å². The highest BCUT2D eigenvalue weighted by Gasteiger charge is 2.17. The number of fused-ring (bicyclic) bond motifs is 2. The van der Waals surface area contributed by atoms with E-state index in [-0.39, 0.29) is 18.1 Å². The molecule has 4 aromatic carbocycles. The van der Waals surface area contributed by atoms with Gasteiger partial charge in [-0.2, -0.15) is 0 Å². The summed E-state index contributed by atoms with van der Waals surface area (Å²) in [5, 5.41) is 24.8. The van der Waals surface area contributed by atoms with Crippen molar-refractivity contribution in [2.45, 2.75) is 6.54 Å². The number of oxime groups is 1. The zero-order valence-electron chi connectivity index (χ0n) is 18.1. The maximum Gasteiger partial charge on any atom is 0.352 e. The van der Waals surface area contributed by atoms with Gasteiger partial charge in [0.1, 0.15) is 17.2 Å². The first-order valence-corrected chi connectivity index (χ1v) is 10.6. The van der Waals surface area contributed by atoms with Crippen molar-refractivity contribution in [1.29, 1.82) is 0 Å². The maximum atomic E-state index is 12.1. The molecule has 0 atom stereocenters. The van der Waals surface area contributed by atoms with E-state index >= 15 is 0 Å². The van der Waals surface area contributed by atoms with Crippen molar-refractivity contribution < 1.29 is 19.8 Å². The summed E-state index contributed by atoms with van der Waals surface area (Å²) in [5.74, 6) is 0.285. The summed E-state index contributed by atoms with van der Waals surface area (Å²) < 4.78 is 7.81. The van der Waals surface area contributed by atoms with E-state index in [1.165, 1.54) is 0 Å². The molecule has 0 spiro atoms. The number of carboxylic acid groups (broad SMARTS) is 1. The largest absolute Gasteiger partial charge is 0.477 e. The van der Waals surface area contributed by atoms with Crippen LogP contribution in [0.3, 0.4) is 0 Å². The predicted molar refractivity (Wildman–Crippen MR) is 131 cm³/mol. The van der Waals surface area contributed by atoms with Gasteiger partial charge in [-0.3, -0.25) is 0 Å². The van der Waals surface area contributed by atoms with E-state index in [1.807, 2.05) is 66.7 Å².